The predicted octanol–water partition coefficient (Wildman–Crippen LogP) is 4.96. The molecule has 0 radical (unpaired) electrons. The molecule has 0 saturated carbocycles. The lowest BCUT2D eigenvalue weighted by atomic mass is 10.1. The minimum Gasteiger partial charge on any atom is -0.356 e. The summed E-state index contributed by atoms with van der Waals surface area (Å²) in [7, 11) is 0. The molecule has 3 heteroatoms. The van der Waals surface area contributed by atoms with Crippen LogP contribution >= 0.6 is 0 Å². The highest BCUT2D eigenvalue weighted by Gasteiger charge is 2.15. The number of nitrogens with zero attached hydrogens (tertiary/aromatic N) is 3. The van der Waals surface area contributed by atoms with Crippen molar-refractivity contribution in [1.82, 2.24) is 9.97 Å². The van der Waals surface area contributed by atoms with Crippen molar-refractivity contribution < 1.29 is 0 Å². The van der Waals surface area contributed by atoms with Gasteiger partial charge >= 0.3 is 0 Å². The number of hydrogen-bond donors (Lipinski definition) is 0. The molecule has 3 nitrogen and oxygen atoms in total. The normalized spacial score (nSPS) is 15.7. The number of aryl methyl sites for hydroxylation is 1. The number of anilines is 1. The van der Waals surface area contributed by atoms with Crippen LogP contribution in [0.4, 0.5) is 5.82 Å². The van der Waals surface area contributed by atoms with Crippen LogP contribution in [0.3, 0.4) is 0 Å². The number of aromatic nitrogens is 2. The van der Waals surface area contributed by atoms with Crippen molar-refractivity contribution in [2.75, 3.05) is 18.0 Å². The van der Waals surface area contributed by atoms with Crippen LogP contribution in [-0.2, 0) is 0 Å². The Morgan fingerprint density at radius 1 is 0.913 bits per heavy atom. The van der Waals surface area contributed by atoms with E-state index in [4.69, 9.17) is 9.97 Å². The van der Waals surface area contributed by atoms with E-state index in [0.717, 1.165) is 36.0 Å². The van der Waals surface area contributed by atoms with Crippen LogP contribution in [-0.4, -0.2) is 23.1 Å². The van der Waals surface area contributed by atoms with Crippen LogP contribution in [0.5, 0.6) is 0 Å². The van der Waals surface area contributed by atoms with Gasteiger partial charge in [0.05, 0.1) is 0 Å². The highest BCUT2D eigenvalue weighted by molar-refractivity contribution is 5.58. The van der Waals surface area contributed by atoms with E-state index < -0.39 is 0 Å². The van der Waals surface area contributed by atoms with E-state index in [-0.39, 0.29) is 0 Å². The van der Waals surface area contributed by atoms with Gasteiger partial charge in [0.15, 0.2) is 5.82 Å². The van der Waals surface area contributed by atoms with Crippen molar-refractivity contribution in [3.05, 3.63) is 41.6 Å². The summed E-state index contributed by atoms with van der Waals surface area (Å²) in [6.07, 6.45) is 5.20. The minimum atomic E-state index is 0.410. The zero-order valence-electron chi connectivity index (χ0n) is 14.5. The molecular formula is C20H27N3. The second kappa shape index (κ2) is 7.12. The summed E-state index contributed by atoms with van der Waals surface area (Å²) in [4.78, 5) is 12.2. The Balaban J connectivity index is 2.00. The van der Waals surface area contributed by atoms with Gasteiger partial charge in [0.1, 0.15) is 5.82 Å². The first-order valence-electron chi connectivity index (χ1n) is 8.84. The van der Waals surface area contributed by atoms with E-state index in [1.165, 1.54) is 31.2 Å². The summed E-state index contributed by atoms with van der Waals surface area (Å²) in [5.41, 5.74) is 3.51. The molecular weight excluding hydrogens is 282 g/mol. The van der Waals surface area contributed by atoms with Crippen molar-refractivity contribution in [3.63, 3.8) is 0 Å². The molecule has 0 aliphatic carbocycles. The third kappa shape index (κ3) is 3.90. The van der Waals surface area contributed by atoms with Gasteiger partial charge in [-0.2, -0.15) is 0 Å². The Labute approximate surface area is 139 Å². The lowest BCUT2D eigenvalue weighted by Crippen LogP contribution is -2.25. The van der Waals surface area contributed by atoms with Crippen molar-refractivity contribution in [1.29, 1.82) is 0 Å². The summed E-state index contributed by atoms with van der Waals surface area (Å²) < 4.78 is 0. The van der Waals surface area contributed by atoms with E-state index in [0.29, 0.717) is 5.92 Å². The second-order valence-electron chi connectivity index (χ2n) is 6.90. The maximum Gasteiger partial charge on any atom is 0.161 e. The van der Waals surface area contributed by atoms with Gasteiger partial charge in [0, 0.05) is 30.4 Å². The van der Waals surface area contributed by atoms with Gasteiger partial charge in [-0.25, -0.2) is 9.97 Å². The Bertz CT molecular complexity index is 638. The molecule has 23 heavy (non-hydrogen) atoms. The average Bonchev–Trinajstić information content (AvgIpc) is 2.84. The fourth-order valence-electron chi connectivity index (χ4n) is 3.04. The lowest BCUT2D eigenvalue weighted by molar-refractivity contribution is 0.726. The third-order valence-corrected chi connectivity index (χ3v) is 4.56. The average molecular weight is 309 g/mol. The highest BCUT2D eigenvalue weighted by atomic mass is 15.2. The minimum absolute atomic E-state index is 0.410. The molecule has 0 spiro atoms. The quantitative estimate of drug-likeness (QED) is 0.802. The summed E-state index contributed by atoms with van der Waals surface area (Å²) in [6, 6.07) is 10.7. The standard InChI is InChI=1S/C20H27N3/c1-15(2)18-14-19(23-12-6-4-5-7-13-23)22-20(21-18)17-10-8-16(3)9-11-17/h8-11,14-15H,4-7,12-13H2,1-3H3. The summed E-state index contributed by atoms with van der Waals surface area (Å²) >= 11 is 0. The second-order valence-corrected chi connectivity index (χ2v) is 6.90. The van der Waals surface area contributed by atoms with Crippen molar-refractivity contribution in [2.45, 2.75) is 52.4 Å². The van der Waals surface area contributed by atoms with E-state index in [2.05, 4.69) is 56.0 Å². The molecule has 0 atom stereocenters. The Morgan fingerprint density at radius 3 is 2.17 bits per heavy atom. The third-order valence-electron chi connectivity index (χ3n) is 4.56. The van der Waals surface area contributed by atoms with Gasteiger partial charge in [0.25, 0.3) is 0 Å². The van der Waals surface area contributed by atoms with Crippen molar-refractivity contribution in [3.8, 4) is 11.4 Å². The number of rotatable bonds is 3. The van der Waals surface area contributed by atoms with Gasteiger partial charge < -0.3 is 4.90 Å². The van der Waals surface area contributed by atoms with Gasteiger partial charge in [0.2, 0.25) is 0 Å². The van der Waals surface area contributed by atoms with Crippen LogP contribution < -0.4 is 4.90 Å². The summed E-state index contributed by atoms with van der Waals surface area (Å²) in [5.74, 6) is 2.37. The van der Waals surface area contributed by atoms with Crippen LogP contribution in [0.25, 0.3) is 11.4 Å². The smallest absolute Gasteiger partial charge is 0.161 e. The maximum atomic E-state index is 4.90. The first-order chi connectivity index (χ1) is 11.1. The number of benzene rings is 1. The van der Waals surface area contributed by atoms with E-state index in [1.807, 2.05) is 0 Å². The van der Waals surface area contributed by atoms with Gasteiger partial charge in [-0.3, -0.25) is 0 Å². The fourth-order valence-corrected chi connectivity index (χ4v) is 3.04. The summed E-state index contributed by atoms with van der Waals surface area (Å²) in [6.45, 7) is 8.74. The van der Waals surface area contributed by atoms with Crippen molar-refractivity contribution >= 4 is 5.82 Å². The topological polar surface area (TPSA) is 29.0 Å². The van der Waals surface area contributed by atoms with Crippen LogP contribution in [0.2, 0.25) is 0 Å². The van der Waals surface area contributed by atoms with Crippen molar-refractivity contribution in [2.24, 2.45) is 0 Å². The predicted molar refractivity (Wildman–Crippen MR) is 97.0 cm³/mol. The first-order valence-corrected chi connectivity index (χ1v) is 8.84. The van der Waals surface area contributed by atoms with Crippen LogP contribution in [0.1, 0.15) is 56.7 Å². The van der Waals surface area contributed by atoms with Crippen LogP contribution in [0.15, 0.2) is 30.3 Å². The molecule has 2 aromatic rings. The van der Waals surface area contributed by atoms with Gasteiger partial charge in [-0.15, -0.1) is 0 Å². The highest BCUT2D eigenvalue weighted by Crippen LogP contribution is 2.25. The molecule has 2 heterocycles. The molecule has 0 bridgehead atoms. The van der Waals surface area contributed by atoms with Crippen LogP contribution in [0, 0.1) is 6.92 Å². The molecule has 0 amide bonds. The fraction of sp³-hybridized carbons (Fsp3) is 0.500. The Hall–Kier alpha value is -1.90. The van der Waals surface area contributed by atoms with Gasteiger partial charge in [-0.1, -0.05) is 56.5 Å². The van der Waals surface area contributed by atoms with E-state index in [1.54, 1.807) is 0 Å². The molecule has 3 rings (SSSR count). The Morgan fingerprint density at radius 2 is 1.57 bits per heavy atom. The molecule has 0 N–H and O–H groups in total. The summed E-state index contributed by atoms with van der Waals surface area (Å²) in [5, 5.41) is 0. The molecule has 1 fully saturated rings. The van der Waals surface area contributed by atoms with E-state index in [9.17, 15) is 0 Å². The molecule has 1 aromatic carbocycles. The Kier molecular flexibility index (Phi) is 4.94. The first kappa shape index (κ1) is 16.0. The largest absolute Gasteiger partial charge is 0.356 e. The molecule has 0 unspecified atom stereocenters. The molecule has 1 saturated heterocycles. The molecule has 122 valence electrons. The monoisotopic (exact) mass is 309 g/mol. The molecule has 1 aromatic heterocycles. The lowest BCUT2D eigenvalue weighted by Gasteiger charge is -2.23. The zero-order valence-corrected chi connectivity index (χ0v) is 14.5. The number of hydrogen-bond acceptors (Lipinski definition) is 3. The molecule has 1 aliphatic heterocycles. The molecule has 1 aliphatic rings. The maximum absolute atomic E-state index is 4.90. The zero-order chi connectivity index (χ0) is 16.2. The van der Waals surface area contributed by atoms with Gasteiger partial charge in [-0.05, 0) is 25.7 Å². The van der Waals surface area contributed by atoms with E-state index >= 15 is 0 Å². The SMILES string of the molecule is Cc1ccc(-c2nc(C(C)C)cc(N3CCCCCC3)n2)cc1.